The number of likely N-dealkylation sites (N-methyl/N-ethyl adjacent to an activating group) is 1. The zero-order chi connectivity index (χ0) is 16.7. The number of carbonyl (C=O) groups is 2. The molecular weight excluding hydrogens is 290 g/mol. The third kappa shape index (κ3) is 4.71. The first-order valence-corrected chi connectivity index (χ1v) is 8.47. The van der Waals surface area contributed by atoms with Crippen LogP contribution in [0, 0.1) is 0 Å². The summed E-state index contributed by atoms with van der Waals surface area (Å²) in [7, 11) is 1.81. The lowest BCUT2D eigenvalue weighted by Crippen LogP contribution is -2.59. The van der Waals surface area contributed by atoms with Gasteiger partial charge in [-0.05, 0) is 18.4 Å². The second kappa shape index (κ2) is 8.56. The fourth-order valence-electron chi connectivity index (χ4n) is 2.89. The Morgan fingerprint density at radius 3 is 2.70 bits per heavy atom. The summed E-state index contributed by atoms with van der Waals surface area (Å²) in [6.45, 7) is 3.90. The zero-order valence-electron chi connectivity index (χ0n) is 14.1. The lowest BCUT2D eigenvalue weighted by atomic mass is 10.0. The number of piperazine rings is 1. The van der Waals surface area contributed by atoms with E-state index in [2.05, 4.69) is 24.4 Å². The Balaban J connectivity index is 1.89. The van der Waals surface area contributed by atoms with Crippen LogP contribution in [-0.4, -0.2) is 54.5 Å². The fraction of sp³-hybridized carbons (Fsp3) is 0.556. The molecule has 2 rings (SSSR count). The Morgan fingerprint density at radius 2 is 2.00 bits per heavy atom. The van der Waals surface area contributed by atoms with Crippen LogP contribution in [0.2, 0.25) is 0 Å². The van der Waals surface area contributed by atoms with Crippen molar-refractivity contribution in [2.75, 3.05) is 26.7 Å². The molecule has 3 amide bonds. The third-order valence-corrected chi connectivity index (χ3v) is 4.34. The topological polar surface area (TPSA) is 52.7 Å². The molecule has 1 fully saturated rings. The molecule has 1 aromatic carbocycles. The van der Waals surface area contributed by atoms with Crippen LogP contribution >= 0.6 is 0 Å². The SMILES string of the molecule is CCCC[C@H]1C(=O)N(C)CCN1C(=O)NCCc1ccccc1. The summed E-state index contributed by atoms with van der Waals surface area (Å²) in [5.74, 6) is 0.0582. The quantitative estimate of drug-likeness (QED) is 0.875. The Labute approximate surface area is 138 Å². The molecule has 1 aromatic rings. The Kier molecular flexibility index (Phi) is 6.44. The molecule has 1 N–H and O–H groups in total. The van der Waals surface area contributed by atoms with E-state index in [1.165, 1.54) is 5.56 Å². The summed E-state index contributed by atoms with van der Waals surface area (Å²) in [6, 6.07) is 9.64. The van der Waals surface area contributed by atoms with E-state index in [9.17, 15) is 9.59 Å². The second-order valence-electron chi connectivity index (χ2n) is 6.08. The molecule has 0 saturated carbocycles. The van der Waals surface area contributed by atoms with Crippen LogP contribution in [0.5, 0.6) is 0 Å². The monoisotopic (exact) mass is 317 g/mol. The summed E-state index contributed by atoms with van der Waals surface area (Å²) in [5, 5.41) is 2.96. The average molecular weight is 317 g/mol. The van der Waals surface area contributed by atoms with Crippen LogP contribution in [-0.2, 0) is 11.2 Å². The fourth-order valence-corrected chi connectivity index (χ4v) is 2.89. The maximum absolute atomic E-state index is 12.5. The van der Waals surface area contributed by atoms with Crippen molar-refractivity contribution >= 4 is 11.9 Å². The van der Waals surface area contributed by atoms with Gasteiger partial charge < -0.3 is 15.1 Å². The van der Waals surface area contributed by atoms with Crippen LogP contribution in [0.3, 0.4) is 0 Å². The summed E-state index contributed by atoms with van der Waals surface area (Å²) in [6.07, 6.45) is 3.52. The number of hydrogen-bond acceptors (Lipinski definition) is 2. The molecule has 1 heterocycles. The van der Waals surface area contributed by atoms with Crippen molar-refractivity contribution in [3.8, 4) is 0 Å². The van der Waals surface area contributed by atoms with E-state index < -0.39 is 0 Å². The number of nitrogens with zero attached hydrogens (tertiary/aromatic N) is 2. The molecule has 1 atom stereocenters. The van der Waals surface area contributed by atoms with Crippen molar-refractivity contribution < 1.29 is 9.59 Å². The minimum Gasteiger partial charge on any atom is -0.342 e. The van der Waals surface area contributed by atoms with Crippen molar-refractivity contribution in [3.05, 3.63) is 35.9 Å². The molecule has 0 bridgehead atoms. The number of urea groups is 1. The number of hydrogen-bond donors (Lipinski definition) is 1. The highest BCUT2D eigenvalue weighted by atomic mass is 16.2. The predicted octanol–water partition coefficient (Wildman–Crippen LogP) is 2.27. The predicted molar refractivity (Wildman–Crippen MR) is 91.2 cm³/mol. The maximum Gasteiger partial charge on any atom is 0.318 e. The Hall–Kier alpha value is -2.04. The molecule has 0 spiro atoms. The van der Waals surface area contributed by atoms with Gasteiger partial charge in [0.2, 0.25) is 5.91 Å². The molecule has 0 aliphatic carbocycles. The summed E-state index contributed by atoms with van der Waals surface area (Å²) in [5.41, 5.74) is 1.20. The molecule has 1 saturated heterocycles. The normalized spacial score (nSPS) is 18.2. The summed E-state index contributed by atoms with van der Waals surface area (Å²) >= 11 is 0. The van der Waals surface area contributed by atoms with E-state index in [0.717, 1.165) is 25.7 Å². The highest BCUT2D eigenvalue weighted by Gasteiger charge is 2.35. The van der Waals surface area contributed by atoms with Crippen LogP contribution < -0.4 is 5.32 Å². The maximum atomic E-state index is 12.5. The summed E-state index contributed by atoms with van der Waals surface area (Å²) < 4.78 is 0. The number of nitrogens with one attached hydrogen (secondary N) is 1. The van der Waals surface area contributed by atoms with Gasteiger partial charge in [-0.15, -0.1) is 0 Å². The second-order valence-corrected chi connectivity index (χ2v) is 6.08. The van der Waals surface area contributed by atoms with Crippen LogP contribution in [0.15, 0.2) is 30.3 Å². The number of amides is 3. The van der Waals surface area contributed by atoms with Crippen molar-refractivity contribution in [1.29, 1.82) is 0 Å². The van der Waals surface area contributed by atoms with Gasteiger partial charge in [0.25, 0.3) is 0 Å². The number of rotatable bonds is 6. The standard InChI is InChI=1S/C18H27N3O2/c1-3-4-10-16-17(22)20(2)13-14-21(16)18(23)19-12-11-15-8-6-5-7-9-15/h5-9,16H,3-4,10-14H2,1-2H3,(H,19,23)/t16-/m0/s1. The number of unbranched alkanes of at least 4 members (excludes halogenated alkanes) is 1. The van der Waals surface area contributed by atoms with Gasteiger partial charge >= 0.3 is 6.03 Å². The lowest BCUT2D eigenvalue weighted by Gasteiger charge is -2.39. The molecule has 5 heteroatoms. The molecule has 0 unspecified atom stereocenters. The number of carbonyl (C=O) groups excluding carboxylic acids is 2. The van der Waals surface area contributed by atoms with Crippen LogP contribution in [0.1, 0.15) is 31.7 Å². The highest BCUT2D eigenvalue weighted by Crippen LogP contribution is 2.16. The van der Waals surface area contributed by atoms with Gasteiger partial charge in [-0.2, -0.15) is 0 Å². The van der Waals surface area contributed by atoms with E-state index in [0.29, 0.717) is 19.6 Å². The first-order valence-electron chi connectivity index (χ1n) is 8.47. The van der Waals surface area contributed by atoms with E-state index >= 15 is 0 Å². The average Bonchev–Trinajstić information content (AvgIpc) is 2.57. The van der Waals surface area contributed by atoms with E-state index in [4.69, 9.17) is 0 Å². The van der Waals surface area contributed by atoms with Crippen molar-refractivity contribution in [1.82, 2.24) is 15.1 Å². The van der Waals surface area contributed by atoms with Gasteiger partial charge in [-0.25, -0.2) is 4.79 Å². The van der Waals surface area contributed by atoms with Crippen molar-refractivity contribution in [3.63, 3.8) is 0 Å². The molecule has 0 radical (unpaired) electrons. The molecular formula is C18H27N3O2. The molecule has 1 aliphatic heterocycles. The lowest BCUT2D eigenvalue weighted by molar-refractivity contribution is -0.138. The van der Waals surface area contributed by atoms with E-state index in [-0.39, 0.29) is 18.0 Å². The zero-order valence-corrected chi connectivity index (χ0v) is 14.1. The molecule has 0 aromatic heterocycles. The minimum absolute atomic E-state index is 0.0582. The van der Waals surface area contributed by atoms with Gasteiger partial charge in [0.15, 0.2) is 0 Å². The van der Waals surface area contributed by atoms with Gasteiger partial charge in [-0.1, -0.05) is 50.1 Å². The largest absolute Gasteiger partial charge is 0.342 e. The van der Waals surface area contributed by atoms with Gasteiger partial charge in [0.1, 0.15) is 6.04 Å². The van der Waals surface area contributed by atoms with Crippen molar-refractivity contribution in [2.24, 2.45) is 0 Å². The van der Waals surface area contributed by atoms with Crippen LogP contribution in [0.25, 0.3) is 0 Å². The van der Waals surface area contributed by atoms with Gasteiger partial charge in [0.05, 0.1) is 0 Å². The smallest absolute Gasteiger partial charge is 0.318 e. The molecule has 23 heavy (non-hydrogen) atoms. The van der Waals surface area contributed by atoms with Gasteiger partial charge in [0, 0.05) is 26.7 Å². The highest BCUT2D eigenvalue weighted by molar-refractivity contribution is 5.88. The molecule has 1 aliphatic rings. The van der Waals surface area contributed by atoms with E-state index in [1.807, 2.05) is 25.2 Å². The Bertz CT molecular complexity index is 518. The first-order chi connectivity index (χ1) is 11.1. The van der Waals surface area contributed by atoms with Crippen molar-refractivity contribution in [2.45, 2.75) is 38.6 Å². The van der Waals surface area contributed by atoms with E-state index in [1.54, 1.807) is 9.80 Å². The van der Waals surface area contributed by atoms with Gasteiger partial charge in [-0.3, -0.25) is 4.79 Å². The first kappa shape index (κ1) is 17.3. The van der Waals surface area contributed by atoms with Crippen LogP contribution in [0.4, 0.5) is 4.79 Å². The summed E-state index contributed by atoms with van der Waals surface area (Å²) in [4.78, 5) is 28.2. The molecule has 5 nitrogen and oxygen atoms in total. The Morgan fingerprint density at radius 1 is 1.26 bits per heavy atom. The molecule has 126 valence electrons. The minimum atomic E-state index is -0.314. The number of benzene rings is 1. The third-order valence-electron chi connectivity index (χ3n) is 4.34.